The SMILES string of the molecule is CC1(C)OC(N[C@@H](CCO)c2ccccc2F)=NS(=O)(=O)C1c1ccc(C(F)(F)F)cc1. The first-order valence-electron chi connectivity index (χ1n) is 9.67. The molecule has 11 heteroatoms. The van der Waals surface area contributed by atoms with E-state index in [1.54, 1.807) is 6.07 Å². The average Bonchev–Trinajstić information content (AvgIpc) is 2.66. The highest BCUT2D eigenvalue weighted by Gasteiger charge is 2.48. The molecule has 0 saturated heterocycles. The molecule has 2 aromatic carbocycles. The molecule has 0 bridgehead atoms. The van der Waals surface area contributed by atoms with E-state index < -0.39 is 44.5 Å². The van der Waals surface area contributed by atoms with Crippen LogP contribution in [0.5, 0.6) is 0 Å². The van der Waals surface area contributed by atoms with Crippen LogP contribution in [-0.2, 0) is 20.9 Å². The number of ether oxygens (including phenoxy) is 1. The molecule has 0 fully saturated rings. The van der Waals surface area contributed by atoms with Crippen LogP contribution in [0.15, 0.2) is 52.9 Å². The maximum atomic E-state index is 14.2. The highest BCUT2D eigenvalue weighted by molar-refractivity contribution is 7.90. The minimum absolute atomic E-state index is 0.0477. The number of aliphatic hydroxyl groups is 1. The Balaban J connectivity index is 1.94. The fraction of sp³-hybridized carbons (Fsp3) is 0.381. The molecule has 2 atom stereocenters. The molecule has 0 aliphatic carbocycles. The molecule has 1 aliphatic heterocycles. The summed E-state index contributed by atoms with van der Waals surface area (Å²) in [4.78, 5) is 0. The third-order valence-corrected chi connectivity index (χ3v) is 6.89. The van der Waals surface area contributed by atoms with Gasteiger partial charge in [-0.1, -0.05) is 30.3 Å². The van der Waals surface area contributed by atoms with Crippen molar-refractivity contribution in [3.8, 4) is 0 Å². The van der Waals surface area contributed by atoms with Crippen LogP contribution in [-0.4, -0.2) is 31.8 Å². The first-order chi connectivity index (χ1) is 14.8. The van der Waals surface area contributed by atoms with Crippen LogP contribution in [0.3, 0.4) is 0 Å². The number of amidine groups is 1. The van der Waals surface area contributed by atoms with E-state index in [0.717, 1.165) is 24.3 Å². The Bertz CT molecular complexity index is 1100. The van der Waals surface area contributed by atoms with Gasteiger partial charge in [0.25, 0.3) is 10.0 Å². The number of rotatable bonds is 5. The predicted molar refractivity (Wildman–Crippen MR) is 110 cm³/mol. The number of nitrogens with zero attached hydrogens (tertiary/aromatic N) is 1. The highest BCUT2D eigenvalue weighted by Crippen LogP contribution is 2.41. The molecule has 6 nitrogen and oxygen atoms in total. The van der Waals surface area contributed by atoms with E-state index >= 15 is 0 Å². The fourth-order valence-corrected chi connectivity index (χ4v) is 5.36. The average molecular weight is 474 g/mol. The normalized spacial score (nSPS) is 20.7. The lowest BCUT2D eigenvalue weighted by molar-refractivity contribution is -0.137. The zero-order valence-corrected chi connectivity index (χ0v) is 18.0. The van der Waals surface area contributed by atoms with E-state index in [9.17, 15) is 31.1 Å². The third kappa shape index (κ3) is 5.04. The molecule has 2 aromatic rings. The molecule has 32 heavy (non-hydrogen) atoms. The predicted octanol–water partition coefficient (Wildman–Crippen LogP) is 4.09. The molecule has 0 saturated carbocycles. The van der Waals surface area contributed by atoms with Crippen LogP contribution >= 0.6 is 0 Å². The van der Waals surface area contributed by atoms with E-state index in [1.807, 2.05) is 0 Å². The molecular formula is C21H22F4N2O4S. The van der Waals surface area contributed by atoms with Gasteiger partial charge in [-0.15, -0.1) is 4.40 Å². The summed E-state index contributed by atoms with van der Waals surface area (Å²) in [5.74, 6) is -0.556. The van der Waals surface area contributed by atoms with Gasteiger partial charge in [-0.05, 0) is 44.0 Å². The number of halogens is 4. The van der Waals surface area contributed by atoms with Gasteiger partial charge in [0, 0.05) is 12.2 Å². The number of aliphatic hydroxyl groups excluding tert-OH is 1. The van der Waals surface area contributed by atoms with Gasteiger partial charge in [0.2, 0.25) is 0 Å². The monoisotopic (exact) mass is 474 g/mol. The van der Waals surface area contributed by atoms with Gasteiger partial charge in [-0.25, -0.2) is 12.8 Å². The van der Waals surface area contributed by atoms with Crippen LogP contribution in [0.4, 0.5) is 17.6 Å². The van der Waals surface area contributed by atoms with Crippen molar-refractivity contribution in [2.75, 3.05) is 6.61 Å². The summed E-state index contributed by atoms with van der Waals surface area (Å²) in [6.45, 7) is 2.62. The highest BCUT2D eigenvalue weighted by atomic mass is 32.2. The molecule has 174 valence electrons. The van der Waals surface area contributed by atoms with Crippen molar-refractivity contribution in [2.45, 2.75) is 43.3 Å². The summed E-state index contributed by atoms with van der Waals surface area (Å²) in [5, 5.41) is 10.7. The molecule has 1 aliphatic rings. The molecule has 1 unspecified atom stereocenters. The van der Waals surface area contributed by atoms with Crippen molar-refractivity contribution >= 4 is 16.0 Å². The zero-order valence-electron chi connectivity index (χ0n) is 17.2. The Morgan fingerprint density at radius 1 is 1.16 bits per heavy atom. The molecule has 1 heterocycles. The topological polar surface area (TPSA) is 88.0 Å². The fourth-order valence-electron chi connectivity index (χ4n) is 3.67. The van der Waals surface area contributed by atoms with E-state index in [1.165, 1.54) is 32.0 Å². The first kappa shape index (κ1) is 24.0. The van der Waals surface area contributed by atoms with Crippen molar-refractivity contribution in [3.63, 3.8) is 0 Å². The Morgan fingerprint density at radius 3 is 2.31 bits per heavy atom. The Hall–Kier alpha value is -2.66. The van der Waals surface area contributed by atoms with Crippen LogP contribution in [0.25, 0.3) is 0 Å². The van der Waals surface area contributed by atoms with Crippen LogP contribution in [0, 0.1) is 5.82 Å². The summed E-state index contributed by atoms with van der Waals surface area (Å²) in [6, 6.07) is 8.34. The van der Waals surface area contributed by atoms with Crippen LogP contribution in [0.2, 0.25) is 0 Å². The standard InChI is InChI=1S/C21H22F4N2O4S/c1-20(2)18(13-7-9-14(10-8-13)21(23,24)25)32(29,30)27-19(31-20)26-17(11-12-28)15-5-3-4-6-16(15)22/h3-10,17-18,28H,11-12H2,1-2H3,(H,26,27)/t17-,18?/m0/s1. The zero-order chi connectivity index (χ0) is 23.7. The van der Waals surface area contributed by atoms with Gasteiger partial charge in [0.15, 0.2) is 0 Å². The number of sulfonamides is 1. The molecule has 3 rings (SSSR count). The van der Waals surface area contributed by atoms with Crippen molar-refractivity contribution in [1.29, 1.82) is 0 Å². The number of hydrogen-bond donors (Lipinski definition) is 2. The number of benzene rings is 2. The van der Waals surface area contributed by atoms with Gasteiger partial charge < -0.3 is 15.2 Å². The summed E-state index contributed by atoms with van der Waals surface area (Å²) < 4.78 is 88.1. The van der Waals surface area contributed by atoms with Crippen molar-refractivity contribution < 1.29 is 35.8 Å². The van der Waals surface area contributed by atoms with Crippen molar-refractivity contribution in [2.24, 2.45) is 4.40 Å². The summed E-state index contributed by atoms with van der Waals surface area (Å²) in [6.07, 6.45) is -4.51. The second-order valence-corrected chi connectivity index (χ2v) is 9.53. The maximum absolute atomic E-state index is 14.2. The van der Waals surface area contributed by atoms with Gasteiger partial charge in [-0.2, -0.15) is 13.2 Å². The summed E-state index contributed by atoms with van der Waals surface area (Å²) in [5.41, 5.74) is -2.04. The van der Waals surface area contributed by atoms with Gasteiger partial charge >= 0.3 is 12.2 Å². The number of nitrogens with one attached hydrogen (secondary N) is 1. The van der Waals surface area contributed by atoms with Gasteiger partial charge in [-0.3, -0.25) is 0 Å². The Morgan fingerprint density at radius 2 is 1.78 bits per heavy atom. The molecule has 0 spiro atoms. The second kappa shape index (κ2) is 8.70. The van der Waals surface area contributed by atoms with Gasteiger partial charge in [0.1, 0.15) is 16.7 Å². The van der Waals surface area contributed by atoms with Crippen molar-refractivity contribution in [1.82, 2.24) is 5.32 Å². The maximum Gasteiger partial charge on any atom is 0.416 e. The smallest absolute Gasteiger partial charge is 0.416 e. The molecular weight excluding hydrogens is 452 g/mol. The number of hydrogen-bond acceptors (Lipinski definition) is 5. The van der Waals surface area contributed by atoms with E-state index in [4.69, 9.17) is 4.74 Å². The summed E-state index contributed by atoms with van der Waals surface area (Å²) in [7, 11) is -4.27. The van der Waals surface area contributed by atoms with E-state index in [-0.39, 0.29) is 30.2 Å². The third-order valence-electron chi connectivity index (χ3n) is 5.04. The van der Waals surface area contributed by atoms with Crippen LogP contribution in [0.1, 0.15) is 48.3 Å². The minimum atomic E-state index is -4.56. The largest absolute Gasteiger partial charge is 0.457 e. The molecule has 0 radical (unpaired) electrons. The molecule has 0 amide bonds. The van der Waals surface area contributed by atoms with Gasteiger partial charge in [0.05, 0.1) is 11.6 Å². The Kier molecular flexibility index (Phi) is 6.52. The van der Waals surface area contributed by atoms with E-state index in [0.29, 0.717) is 0 Å². The lowest BCUT2D eigenvalue weighted by Gasteiger charge is -2.38. The summed E-state index contributed by atoms with van der Waals surface area (Å²) >= 11 is 0. The Labute approximate surface area is 183 Å². The quantitative estimate of drug-likeness (QED) is 0.638. The van der Waals surface area contributed by atoms with Crippen molar-refractivity contribution in [3.05, 3.63) is 71.0 Å². The molecule has 0 aromatic heterocycles. The molecule has 2 N–H and O–H groups in total. The lowest BCUT2D eigenvalue weighted by atomic mass is 9.96. The lowest BCUT2D eigenvalue weighted by Crippen LogP contribution is -2.47. The van der Waals surface area contributed by atoms with Crippen LogP contribution < -0.4 is 5.32 Å². The number of alkyl halides is 3. The minimum Gasteiger partial charge on any atom is -0.457 e. The first-order valence-corrected chi connectivity index (χ1v) is 11.2. The van der Waals surface area contributed by atoms with E-state index in [2.05, 4.69) is 9.71 Å². The second-order valence-electron chi connectivity index (χ2n) is 7.85.